The number of ether oxygens (including phenoxy) is 1. The van der Waals surface area contributed by atoms with E-state index in [0.717, 1.165) is 5.56 Å². The lowest BCUT2D eigenvalue weighted by Gasteiger charge is -2.18. The van der Waals surface area contributed by atoms with E-state index >= 15 is 0 Å². The van der Waals surface area contributed by atoms with Gasteiger partial charge in [-0.15, -0.1) is 0 Å². The lowest BCUT2D eigenvalue weighted by Crippen LogP contribution is -2.18. The third-order valence-electron chi connectivity index (χ3n) is 3.12. The largest absolute Gasteiger partial charge is 0.508 e. The zero-order valence-electron chi connectivity index (χ0n) is 10.5. The summed E-state index contributed by atoms with van der Waals surface area (Å²) in [5.74, 6) is 0.533. The summed E-state index contributed by atoms with van der Waals surface area (Å²) in [7, 11) is 0. The van der Waals surface area contributed by atoms with Crippen molar-refractivity contribution in [3.8, 4) is 17.2 Å². The summed E-state index contributed by atoms with van der Waals surface area (Å²) in [5.41, 5.74) is 1.67. The second-order valence-electron chi connectivity index (χ2n) is 4.56. The molecule has 2 aromatic carbocycles. The van der Waals surface area contributed by atoms with Crippen molar-refractivity contribution in [1.29, 1.82) is 0 Å². The van der Waals surface area contributed by atoms with Gasteiger partial charge in [0.25, 0.3) is 0 Å². The van der Waals surface area contributed by atoms with Gasteiger partial charge in [-0.2, -0.15) is 0 Å². The number of phenols is 2. The molecule has 0 radical (unpaired) electrons. The van der Waals surface area contributed by atoms with Crippen molar-refractivity contribution < 1.29 is 19.7 Å². The van der Waals surface area contributed by atoms with Crippen LogP contribution in [0.2, 0.25) is 0 Å². The minimum Gasteiger partial charge on any atom is -0.508 e. The number of fused-ring (bicyclic) bond motifs is 1. The standard InChI is InChI=1S/C16H12O4/c17-12-3-1-10(2-4-12)7-11-9-20-15-6-5-13(18)8-14(15)16(11)19/h1-8,17-18H,9H2/b11-7+. The Labute approximate surface area is 115 Å². The fourth-order valence-corrected chi connectivity index (χ4v) is 2.09. The van der Waals surface area contributed by atoms with Crippen LogP contribution in [-0.2, 0) is 0 Å². The third-order valence-corrected chi connectivity index (χ3v) is 3.12. The Morgan fingerprint density at radius 3 is 2.45 bits per heavy atom. The van der Waals surface area contributed by atoms with Crippen LogP contribution in [-0.4, -0.2) is 22.6 Å². The molecule has 0 unspecified atom stereocenters. The summed E-state index contributed by atoms with van der Waals surface area (Å²) in [6.07, 6.45) is 1.72. The second-order valence-corrected chi connectivity index (χ2v) is 4.56. The van der Waals surface area contributed by atoms with Crippen LogP contribution in [0, 0.1) is 0 Å². The number of Topliss-reactive ketones (excluding diaryl/α,β-unsaturated/α-hetero) is 1. The van der Waals surface area contributed by atoms with E-state index in [1.54, 1.807) is 36.4 Å². The molecule has 4 heteroatoms. The Morgan fingerprint density at radius 2 is 1.70 bits per heavy atom. The zero-order chi connectivity index (χ0) is 14.1. The van der Waals surface area contributed by atoms with Crippen LogP contribution in [0.4, 0.5) is 0 Å². The molecule has 0 amide bonds. The van der Waals surface area contributed by atoms with E-state index in [4.69, 9.17) is 4.74 Å². The maximum absolute atomic E-state index is 12.3. The Kier molecular flexibility index (Phi) is 2.91. The fourth-order valence-electron chi connectivity index (χ4n) is 2.09. The topological polar surface area (TPSA) is 66.8 Å². The van der Waals surface area contributed by atoms with Gasteiger partial charge >= 0.3 is 0 Å². The molecular formula is C16H12O4. The molecule has 0 saturated carbocycles. The van der Waals surface area contributed by atoms with Gasteiger partial charge in [-0.05, 0) is 42.0 Å². The number of phenolic OH excluding ortho intramolecular Hbond substituents is 2. The van der Waals surface area contributed by atoms with Gasteiger partial charge < -0.3 is 14.9 Å². The molecule has 1 aliphatic heterocycles. The molecule has 0 aliphatic carbocycles. The minimum absolute atomic E-state index is 0.0339. The first kappa shape index (κ1) is 12.3. The van der Waals surface area contributed by atoms with Crippen molar-refractivity contribution in [3.63, 3.8) is 0 Å². The number of carbonyl (C=O) groups is 1. The molecule has 20 heavy (non-hydrogen) atoms. The molecule has 1 aliphatic rings. The first-order chi connectivity index (χ1) is 9.63. The molecule has 0 fully saturated rings. The molecule has 1 heterocycles. The molecular weight excluding hydrogens is 256 g/mol. The van der Waals surface area contributed by atoms with Crippen molar-refractivity contribution in [2.75, 3.05) is 6.61 Å². The molecule has 3 rings (SSSR count). The highest BCUT2D eigenvalue weighted by atomic mass is 16.5. The Morgan fingerprint density at radius 1 is 1.00 bits per heavy atom. The number of ketones is 1. The quantitative estimate of drug-likeness (QED) is 0.780. The Balaban J connectivity index is 1.97. The Hall–Kier alpha value is -2.75. The number of hydrogen-bond donors (Lipinski definition) is 2. The average molecular weight is 268 g/mol. The van der Waals surface area contributed by atoms with Crippen LogP contribution >= 0.6 is 0 Å². The highest BCUT2D eigenvalue weighted by molar-refractivity contribution is 6.14. The molecule has 0 bridgehead atoms. The van der Waals surface area contributed by atoms with Gasteiger partial charge in [0.1, 0.15) is 23.9 Å². The van der Waals surface area contributed by atoms with E-state index in [-0.39, 0.29) is 23.9 Å². The third kappa shape index (κ3) is 2.23. The first-order valence-electron chi connectivity index (χ1n) is 6.13. The van der Waals surface area contributed by atoms with Crippen LogP contribution in [0.15, 0.2) is 48.0 Å². The van der Waals surface area contributed by atoms with Crippen molar-refractivity contribution in [2.45, 2.75) is 0 Å². The Bertz CT molecular complexity index is 699. The highest BCUT2D eigenvalue weighted by Crippen LogP contribution is 2.30. The van der Waals surface area contributed by atoms with Gasteiger partial charge in [0, 0.05) is 5.57 Å². The smallest absolute Gasteiger partial charge is 0.196 e. The van der Waals surface area contributed by atoms with Gasteiger partial charge in [-0.3, -0.25) is 4.79 Å². The van der Waals surface area contributed by atoms with E-state index in [1.165, 1.54) is 12.1 Å². The molecule has 4 nitrogen and oxygen atoms in total. The summed E-state index contributed by atoms with van der Waals surface area (Å²) < 4.78 is 5.51. The van der Waals surface area contributed by atoms with E-state index in [1.807, 2.05) is 0 Å². The summed E-state index contributed by atoms with van der Waals surface area (Å²) in [6.45, 7) is 0.192. The van der Waals surface area contributed by atoms with Crippen LogP contribution in [0.25, 0.3) is 6.08 Å². The summed E-state index contributed by atoms with van der Waals surface area (Å²) in [4.78, 5) is 12.3. The molecule has 0 atom stereocenters. The lowest BCUT2D eigenvalue weighted by molar-refractivity contribution is 0.100. The van der Waals surface area contributed by atoms with E-state index in [2.05, 4.69) is 0 Å². The van der Waals surface area contributed by atoms with Crippen LogP contribution < -0.4 is 4.74 Å². The van der Waals surface area contributed by atoms with Crippen molar-refractivity contribution >= 4 is 11.9 Å². The van der Waals surface area contributed by atoms with Crippen molar-refractivity contribution in [3.05, 3.63) is 59.2 Å². The molecule has 0 saturated heterocycles. The molecule has 0 aromatic heterocycles. The van der Waals surface area contributed by atoms with Crippen LogP contribution in [0.1, 0.15) is 15.9 Å². The number of carbonyl (C=O) groups excluding carboxylic acids is 1. The van der Waals surface area contributed by atoms with E-state index in [9.17, 15) is 15.0 Å². The lowest BCUT2D eigenvalue weighted by atomic mass is 9.98. The molecule has 2 N–H and O–H groups in total. The molecule has 100 valence electrons. The van der Waals surface area contributed by atoms with Crippen molar-refractivity contribution in [2.24, 2.45) is 0 Å². The fraction of sp³-hybridized carbons (Fsp3) is 0.0625. The normalized spacial score (nSPS) is 15.8. The molecule has 0 spiro atoms. The maximum Gasteiger partial charge on any atom is 0.196 e. The molecule has 2 aromatic rings. The average Bonchev–Trinajstić information content (AvgIpc) is 2.45. The van der Waals surface area contributed by atoms with E-state index < -0.39 is 0 Å². The minimum atomic E-state index is -0.157. The summed E-state index contributed by atoms with van der Waals surface area (Å²) in [5, 5.41) is 18.7. The number of rotatable bonds is 1. The van der Waals surface area contributed by atoms with Gasteiger partial charge in [0.2, 0.25) is 0 Å². The number of benzene rings is 2. The van der Waals surface area contributed by atoms with Crippen LogP contribution in [0.5, 0.6) is 17.2 Å². The van der Waals surface area contributed by atoms with Gasteiger partial charge in [0.15, 0.2) is 5.78 Å². The van der Waals surface area contributed by atoms with Gasteiger partial charge in [-0.25, -0.2) is 0 Å². The highest BCUT2D eigenvalue weighted by Gasteiger charge is 2.23. The maximum atomic E-state index is 12.3. The summed E-state index contributed by atoms with van der Waals surface area (Å²) in [6, 6.07) is 11.0. The predicted octanol–water partition coefficient (Wildman–Crippen LogP) is 2.76. The van der Waals surface area contributed by atoms with Crippen LogP contribution in [0.3, 0.4) is 0 Å². The number of hydrogen-bond acceptors (Lipinski definition) is 4. The van der Waals surface area contributed by atoms with Crippen molar-refractivity contribution in [1.82, 2.24) is 0 Å². The van der Waals surface area contributed by atoms with Gasteiger partial charge in [0.05, 0.1) is 5.56 Å². The predicted molar refractivity (Wildman–Crippen MR) is 74.0 cm³/mol. The summed E-state index contributed by atoms with van der Waals surface area (Å²) >= 11 is 0. The monoisotopic (exact) mass is 268 g/mol. The SMILES string of the molecule is O=C1/C(=C/c2ccc(O)cc2)COc2ccc(O)cc21. The zero-order valence-corrected chi connectivity index (χ0v) is 10.5. The van der Waals surface area contributed by atoms with Gasteiger partial charge in [-0.1, -0.05) is 12.1 Å². The second kappa shape index (κ2) is 4.74. The first-order valence-corrected chi connectivity index (χ1v) is 6.13. The number of aromatic hydroxyl groups is 2. The van der Waals surface area contributed by atoms with E-state index in [0.29, 0.717) is 16.9 Å².